The summed E-state index contributed by atoms with van der Waals surface area (Å²) in [5.41, 5.74) is 2.33. The molecule has 0 N–H and O–H groups in total. The first-order chi connectivity index (χ1) is 15.2. The van der Waals surface area contributed by atoms with Gasteiger partial charge in [-0.25, -0.2) is 4.39 Å². The van der Waals surface area contributed by atoms with E-state index in [1.165, 1.54) is 89.0 Å². The predicted molar refractivity (Wildman–Crippen MR) is 132 cm³/mol. The molecule has 0 saturated heterocycles. The Labute approximate surface area is 190 Å². The summed E-state index contributed by atoms with van der Waals surface area (Å²) in [7, 11) is 0. The predicted octanol–water partition coefficient (Wildman–Crippen LogP) is 9.59. The normalized spacial score (nSPS) is 26.9. The van der Waals surface area contributed by atoms with Crippen LogP contribution in [0.5, 0.6) is 0 Å². The van der Waals surface area contributed by atoms with E-state index in [1.54, 1.807) is 0 Å². The van der Waals surface area contributed by atoms with Gasteiger partial charge in [-0.3, -0.25) is 0 Å². The minimum absolute atomic E-state index is 0.0566. The molecule has 2 aromatic carbocycles. The molecule has 0 aliphatic heterocycles. The molecule has 0 nitrogen and oxygen atoms in total. The Kier molecular flexibility index (Phi) is 8.07. The molecule has 2 saturated carbocycles. The standard InChI is InChI=1S/C30H43F/c1-3-5-6-8-23-11-19-29-27(21-23)18-20-28(30(29)31)26-16-14-25(15-17-26)24-12-9-22(7-4-2)10-13-24/h11,18-22,24-26H,3-10,12-17H2,1-2H3. The van der Waals surface area contributed by atoms with Gasteiger partial charge in [0.15, 0.2) is 0 Å². The van der Waals surface area contributed by atoms with Crippen LogP contribution in [0.25, 0.3) is 10.8 Å². The summed E-state index contributed by atoms with van der Waals surface area (Å²) in [6, 6.07) is 10.7. The number of hydrogen-bond donors (Lipinski definition) is 0. The summed E-state index contributed by atoms with van der Waals surface area (Å²) in [6.07, 6.45) is 18.4. The topological polar surface area (TPSA) is 0 Å². The zero-order valence-corrected chi connectivity index (χ0v) is 20.0. The van der Waals surface area contributed by atoms with Gasteiger partial charge < -0.3 is 0 Å². The summed E-state index contributed by atoms with van der Waals surface area (Å²) in [5.74, 6) is 3.31. The molecule has 0 unspecified atom stereocenters. The van der Waals surface area contributed by atoms with E-state index in [-0.39, 0.29) is 5.82 Å². The van der Waals surface area contributed by atoms with Crippen LogP contribution >= 0.6 is 0 Å². The van der Waals surface area contributed by atoms with Gasteiger partial charge in [-0.2, -0.15) is 0 Å². The molecule has 4 rings (SSSR count). The van der Waals surface area contributed by atoms with Crippen LogP contribution in [0.2, 0.25) is 0 Å². The average Bonchev–Trinajstić information content (AvgIpc) is 2.80. The third-order valence-corrected chi connectivity index (χ3v) is 8.58. The summed E-state index contributed by atoms with van der Waals surface area (Å²) in [5, 5.41) is 1.90. The maximum Gasteiger partial charge on any atom is 0.134 e. The van der Waals surface area contributed by atoms with E-state index in [1.807, 2.05) is 6.07 Å². The highest BCUT2D eigenvalue weighted by Crippen LogP contribution is 2.45. The minimum Gasteiger partial charge on any atom is -0.206 e. The second-order valence-corrected chi connectivity index (χ2v) is 10.7. The molecule has 2 aliphatic rings. The molecular weight excluding hydrogens is 379 g/mol. The molecule has 31 heavy (non-hydrogen) atoms. The summed E-state index contributed by atoms with van der Waals surface area (Å²) >= 11 is 0. The Morgan fingerprint density at radius 3 is 2.16 bits per heavy atom. The molecule has 0 aromatic heterocycles. The van der Waals surface area contributed by atoms with Gasteiger partial charge in [0.1, 0.15) is 5.82 Å². The Balaban J connectivity index is 1.36. The highest BCUT2D eigenvalue weighted by atomic mass is 19.1. The first-order valence-corrected chi connectivity index (χ1v) is 13.4. The molecule has 170 valence electrons. The Morgan fingerprint density at radius 1 is 0.774 bits per heavy atom. The van der Waals surface area contributed by atoms with Gasteiger partial charge in [-0.1, -0.05) is 82.7 Å². The zero-order valence-electron chi connectivity index (χ0n) is 20.0. The highest BCUT2D eigenvalue weighted by molar-refractivity contribution is 5.84. The number of aryl methyl sites for hydroxylation is 1. The van der Waals surface area contributed by atoms with Crippen molar-refractivity contribution in [3.63, 3.8) is 0 Å². The van der Waals surface area contributed by atoms with Crippen LogP contribution in [0, 0.1) is 23.6 Å². The SMILES string of the molecule is CCCCCc1ccc2c(F)c(C3CCC(C4CCC(CCC)CC4)CC3)ccc2c1. The average molecular weight is 423 g/mol. The van der Waals surface area contributed by atoms with Crippen molar-refractivity contribution in [2.75, 3.05) is 0 Å². The molecule has 2 aromatic rings. The van der Waals surface area contributed by atoms with Crippen LogP contribution in [0.15, 0.2) is 30.3 Å². The first-order valence-electron chi connectivity index (χ1n) is 13.4. The van der Waals surface area contributed by atoms with E-state index in [0.717, 1.165) is 40.5 Å². The molecule has 0 atom stereocenters. The molecule has 2 aliphatic carbocycles. The highest BCUT2D eigenvalue weighted by Gasteiger charge is 2.32. The number of hydrogen-bond acceptors (Lipinski definition) is 0. The van der Waals surface area contributed by atoms with Crippen molar-refractivity contribution < 1.29 is 4.39 Å². The summed E-state index contributed by atoms with van der Waals surface area (Å²) < 4.78 is 15.5. The maximum atomic E-state index is 15.5. The van der Waals surface area contributed by atoms with Crippen LogP contribution in [0.1, 0.15) is 114 Å². The van der Waals surface area contributed by atoms with E-state index in [4.69, 9.17) is 0 Å². The van der Waals surface area contributed by atoms with Crippen molar-refractivity contribution in [2.45, 2.75) is 110 Å². The molecule has 0 bridgehead atoms. The van der Waals surface area contributed by atoms with Crippen LogP contribution in [0.4, 0.5) is 4.39 Å². The van der Waals surface area contributed by atoms with Gasteiger partial charge in [0.05, 0.1) is 0 Å². The van der Waals surface area contributed by atoms with E-state index in [2.05, 4.69) is 38.1 Å². The van der Waals surface area contributed by atoms with E-state index >= 15 is 4.39 Å². The van der Waals surface area contributed by atoms with Crippen molar-refractivity contribution in [1.29, 1.82) is 0 Å². The number of unbranched alkanes of at least 4 members (excludes halogenated alkanes) is 2. The Morgan fingerprint density at radius 2 is 1.48 bits per heavy atom. The van der Waals surface area contributed by atoms with Gasteiger partial charge in [0, 0.05) is 5.39 Å². The second-order valence-electron chi connectivity index (χ2n) is 10.7. The van der Waals surface area contributed by atoms with Gasteiger partial charge in [0.25, 0.3) is 0 Å². The lowest BCUT2D eigenvalue weighted by atomic mass is 9.68. The van der Waals surface area contributed by atoms with Crippen molar-refractivity contribution in [1.82, 2.24) is 0 Å². The van der Waals surface area contributed by atoms with Gasteiger partial charge in [-0.05, 0) is 91.6 Å². The van der Waals surface area contributed by atoms with Crippen LogP contribution in [0.3, 0.4) is 0 Å². The Bertz CT molecular complexity index is 822. The van der Waals surface area contributed by atoms with E-state index in [0.29, 0.717) is 5.92 Å². The lowest BCUT2D eigenvalue weighted by Crippen LogP contribution is -2.25. The van der Waals surface area contributed by atoms with Gasteiger partial charge >= 0.3 is 0 Å². The fourth-order valence-corrected chi connectivity index (χ4v) is 6.67. The number of halogens is 1. The third-order valence-electron chi connectivity index (χ3n) is 8.58. The molecular formula is C30H43F. The number of fused-ring (bicyclic) bond motifs is 1. The molecule has 0 radical (unpaired) electrons. The largest absolute Gasteiger partial charge is 0.206 e. The third kappa shape index (κ3) is 5.52. The Hall–Kier alpha value is -1.37. The minimum atomic E-state index is 0.0566. The zero-order chi connectivity index (χ0) is 21.6. The van der Waals surface area contributed by atoms with E-state index in [9.17, 15) is 0 Å². The molecule has 0 amide bonds. The quantitative estimate of drug-likeness (QED) is 0.371. The molecule has 0 heterocycles. The van der Waals surface area contributed by atoms with Gasteiger partial charge in [0.2, 0.25) is 0 Å². The van der Waals surface area contributed by atoms with Crippen molar-refractivity contribution in [3.8, 4) is 0 Å². The van der Waals surface area contributed by atoms with Crippen LogP contribution in [-0.4, -0.2) is 0 Å². The fraction of sp³-hybridized carbons (Fsp3) is 0.667. The summed E-state index contributed by atoms with van der Waals surface area (Å²) in [6.45, 7) is 4.56. The number of benzene rings is 2. The summed E-state index contributed by atoms with van der Waals surface area (Å²) in [4.78, 5) is 0. The molecule has 0 spiro atoms. The second kappa shape index (κ2) is 11.0. The first kappa shape index (κ1) is 22.8. The van der Waals surface area contributed by atoms with Crippen molar-refractivity contribution in [2.24, 2.45) is 17.8 Å². The smallest absolute Gasteiger partial charge is 0.134 e. The number of rotatable bonds is 8. The lowest BCUT2D eigenvalue weighted by molar-refractivity contribution is 0.156. The maximum absolute atomic E-state index is 15.5. The van der Waals surface area contributed by atoms with Gasteiger partial charge in [-0.15, -0.1) is 0 Å². The van der Waals surface area contributed by atoms with Crippen molar-refractivity contribution in [3.05, 3.63) is 47.3 Å². The van der Waals surface area contributed by atoms with Crippen molar-refractivity contribution >= 4 is 10.8 Å². The van der Waals surface area contributed by atoms with Crippen LogP contribution in [-0.2, 0) is 6.42 Å². The monoisotopic (exact) mass is 422 g/mol. The van der Waals surface area contributed by atoms with Crippen LogP contribution < -0.4 is 0 Å². The lowest BCUT2D eigenvalue weighted by Gasteiger charge is -2.38. The van der Waals surface area contributed by atoms with E-state index < -0.39 is 0 Å². The molecule has 2 fully saturated rings. The fourth-order valence-electron chi connectivity index (χ4n) is 6.67. The molecule has 1 heteroatoms.